The third kappa shape index (κ3) is 4.81. The molecule has 1 aromatic rings. The Morgan fingerprint density at radius 2 is 1.90 bits per heavy atom. The molecular weight excluding hydrogens is 280 g/mol. The van der Waals surface area contributed by atoms with Gasteiger partial charge in [-0.05, 0) is 12.3 Å². The topological polar surface area (TPSA) is 59.6 Å². The first-order chi connectivity index (χ1) is 9.47. The van der Waals surface area contributed by atoms with Gasteiger partial charge in [-0.1, -0.05) is 25.4 Å². The summed E-state index contributed by atoms with van der Waals surface area (Å²) >= 11 is 6.00. The van der Waals surface area contributed by atoms with E-state index in [1.165, 1.54) is 14.2 Å². The monoisotopic (exact) mass is 300 g/mol. The summed E-state index contributed by atoms with van der Waals surface area (Å²) in [5, 5.41) is 5.94. The number of rotatable bonds is 6. The second kappa shape index (κ2) is 7.85. The SMILES string of the molecule is COc1cc(NC(=O)NCCC(C)C)c(OC)cc1Cl. The summed E-state index contributed by atoms with van der Waals surface area (Å²) < 4.78 is 10.3. The van der Waals surface area contributed by atoms with Gasteiger partial charge in [-0.3, -0.25) is 0 Å². The molecule has 0 fully saturated rings. The molecular formula is C14H21ClN2O3. The Morgan fingerprint density at radius 3 is 2.45 bits per heavy atom. The first kappa shape index (κ1) is 16.4. The number of anilines is 1. The number of nitrogens with one attached hydrogen (secondary N) is 2. The van der Waals surface area contributed by atoms with Crippen LogP contribution in [0.1, 0.15) is 20.3 Å². The van der Waals surface area contributed by atoms with Crippen LogP contribution in [-0.4, -0.2) is 26.8 Å². The fraction of sp³-hybridized carbons (Fsp3) is 0.500. The van der Waals surface area contributed by atoms with E-state index >= 15 is 0 Å². The van der Waals surface area contributed by atoms with Gasteiger partial charge in [0, 0.05) is 18.7 Å². The van der Waals surface area contributed by atoms with E-state index < -0.39 is 0 Å². The maximum Gasteiger partial charge on any atom is 0.319 e. The fourth-order valence-electron chi connectivity index (χ4n) is 1.60. The number of halogens is 1. The van der Waals surface area contributed by atoms with Crippen molar-refractivity contribution in [1.29, 1.82) is 0 Å². The molecule has 0 saturated carbocycles. The van der Waals surface area contributed by atoms with Gasteiger partial charge in [-0.2, -0.15) is 0 Å². The summed E-state index contributed by atoms with van der Waals surface area (Å²) in [6, 6.07) is 2.95. The predicted molar refractivity (Wildman–Crippen MR) is 81.0 cm³/mol. The molecule has 1 aromatic carbocycles. The Morgan fingerprint density at radius 1 is 1.25 bits per heavy atom. The first-order valence-corrected chi connectivity index (χ1v) is 6.82. The standard InChI is InChI=1S/C14H21ClN2O3/c1-9(2)5-6-16-14(18)17-11-8-12(19-3)10(15)7-13(11)20-4/h7-9H,5-6H2,1-4H3,(H2,16,17,18). The van der Waals surface area contributed by atoms with E-state index in [1.54, 1.807) is 12.1 Å². The lowest BCUT2D eigenvalue weighted by Crippen LogP contribution is -2.30. The third-order valence-electron chi connectivity index (χ3n) is 2.73. The van der Waals surface area contributed by atoms with Crippen LogP contribution in [0.15, 0.2) is 12.1 Å². The molecule has 0 aromatic heterocycles. The van der Waals surface area contributed by atoms with Gasteiger partial charge < -0.3 is 20.1 Å². The zero-order valence-corrected chi connectivity index (χ0v) is 13.0. The van der Waals surface area contributed by atoms with Crippen molar-refractivity contribution in [3.63, 3.8) is 0 Å². The van der Waals surface area contributed by atoms with Gasteiger partial charge in [0.15, 0.2) is 0 Å². The number of amides is 2. The molecule has 1 rings (SSSR count). The molecule has 0 radical (unpaired) electrons. The highest BCUT2D eigenvalue weighted by atomic mass is 35.5. The van der Waals surface area contributed by atoms with Crippen molar-refractivity contribution in [3.05, 3.63) is 17.2 Å². The van der Waals surface area contributed by atoms with Crippen LogP contribution in [-0.2, 0) is 0 Å². The maximum absolute atomic E-state index is 11.8. The van der Waals surface area contributed by atoms with Crippen molar-refractivity contribution in [3.8, 4) is 11.5 Å². The zero-order chi connectivity index (χ0) is 15.1. The number of carbonyl (C=O) groups is 1. The second-order valence-electron chi connectivity index (χ2n) is 4.75. The largest absolute Gasteiger partial charge is 0.495 e. The summed E-state index contributed by atoms with van der Waals surface area (Å²) in [6.45, 7) is 4.83. The van der Waals surface area contributed by atoms with E-state index in [0.29, 0.717) is 34.7 Å². The van der Waals surface area contributed by atoms with Gasteiger partial charge in [-0.15, -0.1) is 0 Å². The van der Waals surface area contributed by atoms with E-state index in [9.17, 15) is 4.79 Å². The average molecular weight is 301 g/mol. The Kier molecular flexibility index (Phi) is 6.45. The minimum absolute atomic E-state index is 0.284. The quantitative estimate of drug-likeness (QED) is 0.845. The Labute approximate surface area is 124 Å². The van der Waals surface area contributed by atoms with E-state index in [-0.39, 0.29) is 6.03 Å². The van der Waals surface area contributed by atoms with Crippen LogP contribution in [0.4, 0.5) is 10.5 Å². The summed E-state index contributed by atoms with van der Waals surface area (Å²) in [6.07, 6.45) is 0.925. The van der Waals surface area contributed by atoms with Crippen molar-refractivity contribution < 1.29 is 14.3 Å². The van der Waals surface area contributed by atoms with Crippen LogP contribution in [0.3, 0.4) is 0 Å². The number of carbonyl (C=O) groups excluding carboxylic acids is 1. The molecule has 0 atom stereocenters. The van der Waals surface area contributed by atoms with Gasteiger partial charge in [0.1, 0.15) is 11.5 Å². The molecule has 0 aliphatic carbocycles. The van der Waals surface area contributed by atoms with Crippen LogP contribution in [0.2, 0.25) is 5.02 Å². The lowest BCUT2D eigenvalue weighted by atomic mass is 10.1. The Balaban J connectivity index is 2.72. The zero-order valence-electron chi connectivity index (χ0n) is 12.2. The molecule has 2 N–H and O–H groups in total. The number of hydrogen-bond donors (Lipinski definition) is 2. The van der Waals surface area contributed by atoms with Gasteiger partial charge >= 0.3 is 6.03 Å². The van der Waals surface area contributed by atoms with Crippen molar-refractivity contribution in [2.45, 2.75) is 20.3 Å². The lowest BCUT2D eigenvalue weighted by Gasteiger charge is -2.14. The highest BCUT2D eigenvalue weighted by molar-refractivity contribution is 6.32. The van der Waals surface area contributed by atoms with Crippen molar-refractivity contribution in [2.24, 2.45) is 5.92 Å². The average Bonchev–Trinajstić information content (AvgIpc) is 2.39. The third-order valence-corrected chi connectivity index (χ3v) is 3.02. The molecule has 112 valence electrons. The summed E-state index contributed by atoms with van der Waals surface area (Å²) in [7, 11) is 3.03. The van der Waals surface area contributed by atoms with Gasteiger partial charge in [-0.25, -0.2) is 4.79 Å². The molecule has 0 saturated heterocycles. The molecule has 0 aliphatic heterocycles. The van der Waals surface area contributed by atoms with E-state index in [0.717, 1.165) is 6.42 Å². The van der Waals surface area contributed by atoms with Crippen molar-refractivity contribution in [2.75, 3.05) is 26.1 Å². The van der Waals surface area contributed by atoms with Crippen LogP contribution >= 0.6 is 11.6 Å². The Hall–Kier alpha value is -1.62. The highest BCUT2D eigenvalue weighted by Gasteiger charge is 2.12. The molecule has 5 nitrogen and oxygen atoms in total. The highest BCUT2D eigenvalue weighted by Crippen LogP contribution is 2.35. The molecule has 0 spiro atoms. The van der Waals surface area contributed by atoms with Crippen LogP contribution in [0.25, 0.3) is 0 Å². The predicted octanol–water partition coefficient (Wildman–Crippen LogP) is 3.52. The van der Waals surface area contributed by atoms with E-state index in [1.807, 2.05) is 0 Å². The van der Waals surface area contributed by atoms with Crippen LogP contribution in [0.5, 0.6) is 11.5 Å². The second-order valence-corrected chi connectivity index (χ2v) is 5.16. The summed E-state index contributed by atoms with van der Waals surface area (Å²) in [5.74, 6) is 1.50. The molecule has 0 heterocycles. The molecule has 2 amide bonds. The Bertz CT molecular complexity index is 464. The van der Waals surface area contributed by atoms with E-state index in [4.69, 9.17) is 21.1 Å². The minimum Gasteiger partial charge on any atom is -0.495 e. The molecule has 20 heavy (non-hydrogen) atoms. The number of hydrogen-bond acceptors (Lipinski definition) is 3. The minimum atomic E-state index is -0.284. The fourth-order valence-corrected chi connectivity index (χ4v) is 1.83. The van der Waals surface area contributed by atoms with Gasteiger partial charge in [0.2, 0.25) is 0 Å². The molecule has 0 aliphatic rings. The van der Waals surface area contributed by atoms with Crippen LogP contribution in [0, 0.1) is 5.92 Å². The number of methoxy groups -OCH3 is 2. The molecule has 0 unspecified atom stereocenters. The summed E-state index contributed by atoms with van der Waals surface area (Å²) in [5.41, 5.74) is 0.510. The summed E-state index contributed by atoms with van der Waals surface area (Å²) in [4.78, 5) is 11.8. The van der Waals surface area contributed by atoms with Crippen molar-refractivity contribution in [1.82, 2.24) is 5.32 Å². The lowest BCUT2D eigenvalue weighted by molar-refractivity contribution is 0.251. The van der Waals surface area contributed by atoms with Gasteiger partial charge in [0.05, 0.1) is 24.9 Å². The van der Waals surface area contributed by atoms with Gasteiger partial charge in [0.25, 0.3) is 0 Å². The van der Waals surface area contributed by atoms with Crippen LogP contribution < -0.4 is 20.1 Å². The smallest absolute Gasteiger partial charge is 0.319 e. The number of benzene rings is 1. The maximum atomic E-state index is 11.8. The first-order valence-electron chi connectivity index (χ1n) is 6.44. The molecule has 0 bridgehead atoms. The number of ether oxygens (including phenoxy) is 2. The van der Waals surface area contributed by atoms with E-state index in [2.05, 4.69) is 24.5 Å². The van der Waals surface area contributed by atoms with Crippen molar-refractivity contribution >= 4 is 23.3 Å². The normalized spacial score (nSPS) is 10.3. The molecule has 6 heteroatoms. The number of urea groups is 1.